The van der Waals surface area contributed by atoms with Gasteiger partial charge in [0.15, 0.2) is 0 Å². The Morgan fingerprint density at radius 3 is 1.94 bits per heavy atom. The Morgan fingerprint density at radius 2 is 1.41 bits per heavy atom. The Morgan fingerprint density at radius 1 is 0.844 bits per heavy atom. The SMILES string of the molecule is CO[C](=[Cr])C#Cc1cccc2ccn(Cc3ccccc3)c12.[C-]#[O+].[C-]#[O+].[C-]#[O+].[C-]#[O+].[C-]#[O+]. The number of hydrogen-bond acceptors (Lipinski definition) is 1. The molecule has 0 aliphatic carbocycles. The summed E-state index contributed by atoms with van der Waals surface area (Å²) in [5.41, 5.74) is 3.43. The maximum atomic E-state index is 7.50. The van der Waals surface area contributed by atoms with E-state index in [9.17, 15) is 0 Å². The quantitative estimate of drug-likeness (QED) is 0.330. The van der Waals surface area contributed by atoms with Crippen LogP contribution in [-0.2, 0) is 50.4 Å². The van der Waals surface area contributed by atoms with Gasteiger partial charge in [-0.25, -0.2) is 0 Å². The summed E-state index contributed by atoms with van der Waals surface area (Å²) in [5, 5.41) is 1.20. The van der Waals surface area contributed by atoms with E-state index >= 15 is 0 Å². The van der Waals surface area contributed by atoms with Crippen molar-refractivity contribution in [3.63, 3.8) is 0 Å². The van der Waals surface area contributed by atoms with Crippen LogP contribution >= 0.6 is 0 Å². The van der Waals surface area contributed by atoms with E-state index in [1.54, 1.807) is 7.11 Å². The molecule has 0 fully saturated rings. The van der Waals surface area contributed by atoms with Crippen LogP contribution in [0, 0.1) is 45.1 Å². The fraction of sp³-hybridized carbons (Fsp3) is 0.0833. The molecule has 0 saturated heterocycles. The second-order valence-electron chi connectivity index (χ2n) is 4.91. The topological polar surface area (TPSA) is 114 Å². The molecule has 0 radical (unpaired) electrons. The summed E-state index contributed by atoms with van der Waals surface area (Å²) in [7, 11) is 1.61. The van der Waals surface area contributed by atoms with Crippen LogP contribution in [0.4, 0.5) is 0 Å². The zero-order valence-corrected chi connectivity index (χ0v) is 18.1. The fourth-order valence-electron chi connectivity index (χ4n) is 2.44. The van der Waals surface area contributed by atoms with Crippen molar-refractivity contribution in [1.29, 1.82) is 0 Å². The van der Waals surface area contributed by atoms with Gasteiger partial charge in [-0.05, 0) is 0 Å². The Labute approximate surface area is 194 Å². The summed E-state index contributed by atoms with van der Waals surface area (Å²) in [6, 6.07) is 18.8. The van der Waals surface area contributed by atoms with Gasteiger partial charge >= 0.3 is 195 Å². The molecule has 1 heterocycles. The summed E-state index contributed by atoms with van der Waals surface area (Å²) in [5.74, 6) is 6.18. The number of benzene rings is 2. The molecule has 3 aromatic rings. The van der Waals surface area contributed by atoms with Crippen molar-refractivity contribution in [2.45, 2.75) is 6.54 Å². The molecule has 0 amide bonds. The average Bonchev–Trinajstić information content (AvgIpc) is 3.32. The summed E-state index contributed by atoms with van der Waals surface area (Å²) in [6.07, 6.45) is 2.11. The van der Waals surface area contributed by atoms with Crippen molar-refractivity contribution in [2.75, 3.05) is 7.11 Å². The third kappa shape index (κ3) is 11.7. The Kier molecular flexibility index (Phi) is 24.8. The number of ether oxygens (including phenoxy) is 1. The monoisotopic (exact) mass is 465 g/mol. The second kappa shape index (κ2) is 23.9. The van der Waals surface area contributed by atoms with Gasteiger partial charge in [-0.15, -0.1) is 0 Å². The Bertz CT molecular complexity index is 1060. The zero-order valence-electron chi connectivity index (χ0n) is 16.8. The fourth-order valence-corrected chi connectivity index (χ4v) is 2.52. The minimum absolute atomic E-state index is 0.596. The van der Waals surface area contributed by atoms with Crippen LogP contribution in [0.2, 0.25) is 0 Å². The molecular formula is C24H15CrNO6. The molecule has 0 bridgehead atoms. The summed E-state index contributed by atoms with van der Waals surface area (Å²) >= 11 is 2.81. The number of aromatic nitrogens is 1. The van der Waals surface area contributed by atoms with Gasteiger partial charge in [0.1, 0.15) is 0 Å². The first-order valence-electron chi connectivity index (χ1n) is 8.02. The van der Waals surface area contributed by atoms with E-state index in [1.807, 2.05) is 18.2 Å². The normalized spacial score (nSPS) is 7.34. The third-order valence-electron chi connectivity index (χ3n) is 3.47. The van der Waals surface area contributed by atoms with Gasteiger partial charge in [0.2, 0.25) is 0 Å². The second-order valence-corrected chi connectivity index (χ2v) is 5.49. The molecule has 0 N–H and O–H groups in total. The third-order valence-corrected chi connectivity index (χ3v) is 3.89. The molecule has 0 aliphatic heterocycles. The zero-order chi connectivity index (χ0) is 25.4. The van der Waals surface area contributed by atoms with Gasteiger partial charge in [-0.1, -0.05) is 0 Å². The van der Waals surface area contributed by atoms with Gasteiger partial charge in [0.25, 0.3) is 0 Å². The summed E-state index contributed by atoms with van der Waals surface area (Å²) in [6.45, 7) is 23.3. The van der Waals surface area contributed by atoms with Gasteiger partial charge in [0, 0.05) is 0 Å². The Hall–Kier alpha value is -3.40. The van der Waals surface area contributed by atoms with E-state index < -0.39 is 0 Å². The van der Waals surface area contributed by atoms with E-state index in [4.69, 9.17) is 28.0 Å². The molecule has 0 saturated carbocycles. The van der Waals surface area contributed by atoms with Crippen LogP contribution in [0.25, 0.3) is 10.9 Å². The maximum absolute atomic E-state index is 7.50. The van der Waals surface area contributed by atoms with Crippen LogP contribution in [0.5, 0.6) is 0 Å². The number of para-hydroxylation sites is 1. The van der Waals surface area contributed by atoms with Crippen LogP contribution in [0.15, 0.2) is 60.8 Å². The van der Waals surface area contributed by atoms with E-state index in [0.717, 1.165) is 17.6 Å². The number of hydrogen-bond donors (Lipinski definition) is 0. The van der Waals surface area contributed by atoms with Crippen LogP contribution in [-0.4, -0.2) is 16.2 Å². The van der Waals surface area contributed by atoms with Crippen molar-refractivity contribution in [2.24, 2.45) is 0 Å². The van der Waals surface area contributed by atoms with Gasteiger partial charge in [0.05, 0.1) is 0 Å². The molecule has 158 valence electrons. The van der Waals surface area contributed by atoms with Crippen LogP contribution in [0.3, 0.4) is 0 Å². The minimum atomic E-state index is 0.596. The van der Waals surface area contributed by atoms with Gasteiger partial charge in [-0.2, -0.15) is 0 Å². The van der Waals surface area contributed by atoms with Gasteiger partial charge < -0.3 is 0 Å². The molecule has 0 atom stereocenters. The number of methoxy groups -OCH3 is 1. The van der Waals surface area contributed by atoms with Crippen molar-refractivity contribution in [1.82, 2.24) is 4.57 Å². The molecule has 8 heteroatoms. The number of rotatable bonds is 3. The molecule has 2 aromatic carbocycles. The molecule has 0 aliphatic rings. The molecular weight excluding hydrogens is 450 g/mol. The van der Waals surface area contributed by atoms with E-state index in [1.165, 1.54) is 10.9 Å². The molecule has 0 spiro atoms. The number of fused-ring (bicyclic) bond motifs is 1. The average molecular weight is 465 g/mol. The molecule has 0 unspecified atom stereocenters. The first-order chi connectivity index (χ1) is 15.8. The molecule has 1 aromatic heterocycles. The van der Waals surface area contributed by atoms with Crippen molar-refractivity contribution in [3.8, 4) is 11.8 Å². The van der Waals surface area contributed by atoms with E-state index in [0.29, 0.717) is 4.57 Å². The first-order valence-corrected chi connectivity index (χ1v) is 8.65. The van der Waals surface area contributed by atoms with E-state index in [-0.39, 0.29) is 0 Å². The van der Waals surface area contributed by atoms with Crippen molar-refractivity contribution >= 4 is 15.5 Å². The van der Waals surface area contributed by atoms with Crippen molar-refractivity contribution in [3.05, 3.63) is 105 Å². The van der Waals surface area contributed by atoms with Crippen molar-refractivity contribution < 1.29 is 43.8 Å². The predicted octanol–water partition coefficient (Wildman–Crippen LogP) is 3.18. The van der Waals surface area contributed by atoms with Crippen LogP contribution in [0.1, 0.15) is 11.1 Å². The molecule has 7 nitrogen and oxygen atoms in total. The first kappa shape index (κ1) is 33.2. The molecule has 3 rings (SSSR count). The molecule has 32 heavy (non-hydrogen) atoms. The standard InChI is InChI=1S/C19H15NO.5CO.Cr/c1-21-14-6-11-17-9-5-10-18-12-13-20(19(17)18)15-16-7-3-2-4-8-16;5*1-2;/h2-5,7-10,12-13H,15H2,1H3;;;;;;. The summed E-state index contributed by atoms with van der Waals surface area (Å²) < 4.78 is 45.4. The van der Waals surface area contributed by atoms with Gasteiger partial charge in [-0.3, -0.25) is 0 Å². The number of nitrogens with zero attached hydrogens (tertiary/aromatic N) is 1. The van der Waals surface area contributed by atoms with E-state index in [2.05, 4.69) is 108 Å². The predicted molar refractivity (Wildman–Crippen MR) is 106 cm³/mol. The Balaban J connectivity index is -0.000000744. The van der Waals surface area contributed by atoms with Crippen LogP contribution < -0.4 is 0 Å². The summed E-state index contributed by atoms with van der Waals surface area (Å²) in [4.78, 5) is 0.